The van der Waals surface area contributed by atoms with E-state index in [9.17, 15) is 0 Å². The topological polar surface area (TPSA) is 81.2 Å². The van der Waals surface area contributed by atoms with Gasteiger partial charge in [-0.05, 0) is 81.1 Å². The zero-order valence-electron chi connectivity index (χ0n) is 22.2. The van der Waals surface area contributed by atoms with E-state index in [-0.39, 0.29) is 22.2 Å². The van der Waals surface area contributed by atoms with Gasteiger partial charge in [-0.3, -0.25) is 0 Å². The molecule has 3 heterocycles. The highest BCUT2D eigenvalue weighted by Crippen LogP contribution is 2.35. The molecule has 0 amide bonds. The summed E-state index contributed by atoms with van der Waals surface area (Å²) in [6.45, 7) is 18.2. The minimum absolute atomic E-state index is 0.0609. The van der Waals surface area contributed by atoms with E-state index in [1.165, 1.54) is 0 Å². The molecular formula is C24H46N8. The van der Waals surface area contributed by atoms with Crippen LogP contribution in [0.5, 0.6) is 0 Å². The van der Waals surface area contributed by atoms with Gasteiger partial charge < -0.3 is 25.8 Å². The van der Waals surface area contributed by atoms with Crippen molar-refractivity contribution in [3.05, 3.63) is 0 Å². The minimum Gasteiger partial charge on any atom is -0.357 e. The average Bonchev–Trinajstić information content (AvgIpc) is 2.61. The summed E-state index contributed by atoms with van der Waals surface area (Å²) in [4.78, 5) is 19.0. The van der Waals surface area contributed by atoms with E-state index in [4.69, 9.17) is 15.0 Å². The van der Waals surface area contributed by atoms with E-state index >= 15 is 0 Å². The Bertz CT molecular complexity index is 722. The van der Waals surface area contributed by atoms with Gasteiger partial charge >= 0.3 is 0 Å². The number of nitrogens with one attached hydrogen (secondary N) is 3. The Morgan fingerprint density at radius 2 is 0.969 bits per heavy atom. The summed E-state index contributed by atoms with van der Waals surface area (Å²) >= 11 is 0. The molecule has 0 radical (unpaired) electrons. The van der Waals surface area contributed by atoms with Gasteiger partial charge in [0.1, 0.15) is 0 Å². The largest absolute Gasteiger partial charge is 0.357 e. The third kappa shape index (κ3) is 5.81. The van der Waals surface area contributed by atoms with Gasteiger partial charge in [-0.15, -0.1) is 0 Å². The number of aromatic nitrogens is 3. The molecule has 32 heavy (non-hydrogen) atoms. The van der Waals surface area contributed by atoms with Gasteiger partial charge in [0.25, 0.3) is 0 Å². The molecule has 0 aliphatic carbocycles. The number of anilines is 3. The average molecular weight is 447 g/mol. The standard InChI is InChI=1S/C24H46N8/c1-21(2)12-16(13-22(3,4)29-21)31(10)19-26-18(25-9)27-20(28-19)32(11)17-14-23(5,6)30-24(7,8)15-17/h16-17,29-30H,12-15H2,1-11H3,(H,25,26,27,28). The number of rotatable bonds is 5. The third-order valence-corrected chi connectivity index (χ3v) is 6.90. The van der Waals surface area contributed by atoms with E-state index in [1.54, 1.807) is 0 Å². The summed E-state index contributed by atoms with van der Waals surface area (Å²) in [7, 11) is 6.12. The van der Waals surface area contributed by atoms with Crippen LogP contribution < -0.4 is 25.8 Å². The zero-order valence-corrected chi connectivity index (χ0v) is 22.2. The normalized spacial score (nSPS) is 24.7. The summed E-state index contributed by atoms with van der Waals surface area (Å²) in [6.07, 6.45) is 4.15. The second-order valence-corrected chi connectivity index (χ2v) is 12.6. The molecule has 2 aliphatic rings. The number of piperidine rings is 2. The molecule has 0 unspecified atom stereocenters. The lowest BCUT2D eigenvalue weighted by atomic mass is 9.79. The molecule has 2 aliphatic heterocycles. The number of hydrogen-bond acceptors (Lipinski definition) is 8. The Hall–Kier alpha value is -1.67. The van der Waals surface area contributed by atoms with Gasteiger partial charge in [0, 0.05) is 55.4 Å². The smallest absolute Gasteiger partial charge is 0.231 e. The minimum atomic E-state index is 0.0609. The molecular weight excluding hydrogens is 400 g/mol. The van der Waals surface area contributed by atoms with Crippen molar-refractivity contribution < 1.29 is 0 Å². The maximum Gasteiger partial charge on any atom is 0.231 e. The van der Waals surface area contributed by atoms with Gasteiger partial charge in [0.15, 0.2) is 0 Å². The lowest BCUT2D eigenvalue weighted by Crippen LogP contribution is -2.62. The maximum atomic E-state index is 4.97. The number of hydrogen-bond donors (Lipinski definition) is 3. The second-order valence-electron chi connectivity index (χ2n) is 12.6. The molecule has 2 saturated heterocycles. The first-order chi connectivity index (χ1) is 14.5. The molecule has 0 spiro atoms. The van der Waals surface area contributed by atoms with E-state index < -0.39 is 0 Å². The summed E-state index contributed by atoms with van der Waals surface area (Å²) < 4.78 is 0. The van der Waals surface area contributed by atoms with Crippen molar-refractivity contribution in [2.45, 2.75) is 115 Å². The van der Waals surface area contributed by atoms with E-state index in [2.05, 4.69) is 95.2 Å². The van der Waals surface area contributed by atoms with E-state index in [0.29, 0.717) is 18.0 Å². The van der Waals surface area contributed by atoms with Crippen LogP contribution in [0.2, 0.25) is 0 Å². The van der Waals surface area contributed by atoms with Crippen LogP contribution in [-0.4, -0.2) is 70.3 Å². The van der Waals surface area contributed by atoms with E-state index in [0.717, 1.165) is 37.6 Å². The van der Waals surface area contributed by atoms with Gasteiger partial charge in [-0.2, -0.15) is 15.0 Å². The Kier molecular flexibility index (Phi) is 6.46. The van der Waals surface area contributed by atoms with Crippen molar-refractivity contribution >= 4 is 17.8 Å². The predicted octanol–water partition coefficient (Wildman–Crippen LogP) is 3.40. The molecule has 3 N–H and O–H groups in total. The molecule has 0 saturated carbocycles. The Balaban J connectivity index is 1.90. The molecule has 1 aromatic heterocycles. The first-order valence-corrected chi connectivity index (χ1v) is 12.0. The monoisotopic (exact) mass is 446 g/mol. The van der Waals surface area contributed by atoms with Crippen molar-refractivity contribution in [2.24, 2.45) is 0 Å². The molecule has 0 atom stereocenters. The highest BCUT2D eigenvalue weighted by molar-refractivity contribution is 5.46. The molecule has 0 bridgehead atoms. The Morgan fingerprint density at radius 3 is 1.25 bits per heavy atom. The van der Waals surface area contributed by atoms with Crippen LogP contribution in [0.15, 0.2) is 0 Å². The lowest BCUT2D eigenvalue weighted by molar-refractivity contribution is 0.160. The fourth-order valence-corrected chi connectivity index (χ4v) is 6.19. The van der Waals surface area contributed by atoms with Crippen LogP contribution in [0.1, 0.15) is 81.1 Å². The Morgan fingerprint density at radius 1 is 0.656 bits per heavy atom. The van der Waals surface area contributed by atoms with Crippen molar-refractivity contribution in [2.75, 3.05) is 36.3 Å². The van der Waals surface area contributed by atoms with Gasteiger partial charge in [-0.1, -0.05) is 0 Å². The lowest BCUT2D eigenvalue weighted by Gasteiger charge is -2.49. The molecule has 8 nitrogen and oxygen atoms in total. The van der Waals surface area contributed by atoms with E-state index in [1.807, 2.05) is 7.05 Å². The summed E-state index contributed by atoms with van der Waals surface area (Å²) in [5.41, 5.74) is 0.244. The molecule has 182 valence electrons. The molecule has 2 fully saturated rings. The van der Waals surface area contributed by atoms with Crippen LogP contribution in [0.3, 0.4) is 0 Å². The van der Waals surface area contributed by atoms with Gasteiger partial charge in [0.05, 0.1) is 0 Å². The molecule has 0 aromatic carbocycles. The first-order valence-electron chi connectivity index (χ1n) is 12.0. The summed E-state index contributed by atoms with van der Waals surface area (Å²) in [6, 6.07) is 0.700. The van der Waals surface area contributed by atoms with Crippen LogP contribution in [0.4, 0.5) is 17.8 Å². The molecule has 1 aromatic rings. The fourth-order valence-electron chi connectivity index (χ4n) is 6.19. The summed E-state index contributed by atoms with van der Waals surface area (Å²) in [5, 5.41) is 10.7. The van der Waals surface area contributed by atoms with Crippen LogP contribution in [0, 0.1) is 0 Å². The molecule has 3 rings (SSSR count). The SMILES string of the molecule is CNc1nc(N(C)C2CC(C)(C)NC(C)(C)C2)nc(N(C)C2CC(C)(C)NC(C)(C)C2)n1. The third-order valence-electron chi connectivity index (χ3n) is 6.90. The highest BCUT2D eigenvalue weighted by atomic mass is 15.4. The van der Waals surface area contributed by atoms with Crippen molar-refractivity contribution in [1.29, 1.82) is 0 Å². The van der Waals surface area contributed by atoms with Crippen LogP contribution in [-0.2, 0) is 0 Å². The maximum absolute atomic E-state index is 4.97. The second kappa shape index (κ2) is 8.28. The highest BCUT2D eigenvalue weighted by Gasteiger charge is 2.41. The number of nitrogens with zero attached hydrogens (tertiary/aromatic N) is 5. The van der Waals surface area contributed by atoms with Crippen molar-refractivity contribution in [1.82, 2.24) is 25.6 Å². The fraction of sp³-hybridized carbons (Fsp3) is 0.875. The quantitative estimate of drug-likeness (QED) is 0.635. The van der Waals surface area contributed by atoms with Crippen LogP contribution >= 0.6 is 0 Å². The van der Waals surface area contributed by atoms with Crippen molar-refractivity contribution in [3.8, 4) is 0 Å². The first kappa shape index (κ1) is 25.0. The Labute approximate surface area is 195 Å². The predicted molar refractivity (Wildman–Crippen MR) is 135 cm³/mol. The van der Waals surface area contributed by atoms with Gasteiger partial charge in [0.2, 0.25) is 17.8 Å². The summed E-state index contributed by atoms with van der Waals surface area (Å²) in [5.74, 6) is 2.08. The van der Waals surface area contributed by atoms with Crippen LogP contribution in [0.25, 0.3) is 0 Å². The van der Waals surface area contributed by atoms with Gasteiger partial charge in [-0.25, -0.2) is 0 Å². The molecule has 8 heteroatoms. The zero-order chi connectivity index (χ0) is 24.1. The van der Waals surface area contributed by atoms with Crippen molar-refractivity contribution in [3.63, 3.8) is 0 Å².